The molecule has 0 spiro atoms. The Labute approximate surface area is 176 Å². The zero-order chi connectivity index (χ0) is 21.3. The van der Waals surface area contributed by atoms with Gasteiger partial charge in [0.05, 0.1) is 5.56 Å². The Bertz CT molecular complexity index is 1210. The average molecular weight is 393 g/mol. The number of carboxylic acids is 1. The number of rotatable bonds is 4. The van der Waals surface area contributed by atoms with Gasteiger partial charge in [0.2, 0.25) is 0 Å². The van der Waals surface area contributed by atoms with Crippen molar-refractivity contribution in [2.24, 2.45) is 0 Å². The minimum absolute atomic E-state index is 0.255. The van der Waals surface area contributed by atoms with Crippen LogP contribution in [0.15, 0.2) is 84.9 Å². The minimum Gasteiger partial charge on any atom is -0.478 e. The summed E-state index contributed by atoms with van der Waals surface area (Å²) in [7, 11) is 0. The molecule has 0 bridgehead atoms. The van der Waals surface area contributed by atoms with Crippen LogP contribution in [0, 0.1) is 13.8 Å². The Morgan fingerprint density at radius 3 is 1.47 bits per heavy atom. The van der Waals surface area contributed by atoms with Crippen LogP contribution < -0.4 is 5.73 Å². The van der Waals surface area contributed by atoms with Gasteiger partial charge in [0.25, 0.3) is 0 Å². The molecule has 0 aromatic heterocycles. The third-order valence-corrected chi connectivity index (χ3v) is 5.37. The number of aryl methyl sites for hydroxylation is 2. The lowest BCUT2D eigenvalue weighted by molar-refractivity contribution is 0.0697. The van der Waals surface area contributed by atoms with Crippen molar-refractivity contribution in [1.82, 2.24) is 0 Å². The zero-order valence-electron chi connectivity index (χ0n) is 17.0. The van der Waals surface area contributed by atoms with Crippen molar-refractivity contribution in [2.45, 2.75) is 13.8 Å². The fraction of sp³-hybridized carbons (Fsp3) is 0.0741. The van der Waals surface area contributed by atoms with Crippen molar-refractivity contribution in [3.63, 3.8) is 0 Å². The number of hydrogen-bond donors (Lipinski definition) is 2. The Morgan fingerprint density at radius 2 is 1.03 bits per heavy atom. The molecular weight excluding hydrogens is 370 g/mol. The first-order valence-electron chi connectivity index (χ1n) is 9.84. The molecule has 148 valence electrons. The summed E-state index contributed by atoms with van der Waals surface area (Å²) in [4.78, 5) is 11.2. The molecule has 0 saturated heterocycles. The minimum atomic E-state index is -0.941. The molecule has 0 aliphatic rings. The van der Waals surface area contributed by atoms with Gasteiger partial charge < -0.3 is 10.8 Å². The molecular formula is C27H23NO2. The van der Waals surface area contributed by atoms with E-state index in [9.17, 15) is 9.90 Å². The van der Waals surface area contributed by atoms with Crippen LogP contribution >= 0.6 is 0 Å². The smallest absolute Gasteiger partial charge is 0.335 e. The second-order valence-corrected chi connectivity index (χ2v) is 7.60. The number of carbonyl (C=O) groups is 1. The van der Waals surface area contributed by atoms with Crippen LogP contribution in [0.1, 0.15) is 21.5 Å². The quantitative estimate of drug-likeness (QED) is 0.385. The lowest BCUT2D eigenvalue weighted by Crippen LogP contribution is -1.98. The van der Waals surface area contributed by atoms with Gasteiger partial charge in [0.1, 0.15) is 0 Å². The molecule has 3 N–H and O–H groups in total. The van der Waals surface area contributed by atoms with Crippen LogP contribution in [0.4, 0.5) is 5.69 Å². The van der Waals surface area contributed by atoms with E-state index in [0.29, 0.717) is 5.69 Å². The maximum atomic E-state index is 11.2. The van der Waals surface area contributed by atoms with Crippen molar-refractivity contribution in [3.8, 4) is 33.4 Å². The summed E-state index contributed by atoms with van der Waals surface area (Å²) in [6.45, 7) is 4.13. The summed E-state index contributed by atoms with van der Waals surface area (Å²) in [6, 6.07) is 27.8. The molecule has 0 radical (unpaired) electrons. The molecule has 0 amide bonds. The summed E-state index contributed by atoms with van der Waals surface area (Å²) >= 11 is 0. The normalized spacial score (nSPS) is 10.7. The second-order valence-electron chi connectivity index (χ2n) is 7.60. The Morgan fingerprint density at radius 1 is 0.633 bits per heavy atom. The van der Waals surface area contributed by atoms with Gasteiger partial charge in [-0.05, 0) is 60.4 Å². The molecule has 3 heteroatoms. The monoisotopic (exact) mass is 393 g/mol. The number of carboxylic acid groups (broad SMARTS) is 1. The number of nitrogen functional groups attached to an aromatic ring is 1. The molecule has 4 aromatic rings. The fourth-order valence-electron chi connectivity index (χ4n) is 3.57. The van der Waals surface area contributed by atoms with E-state index in [2.05, 4.69) is 74.5 Å². The van der Waals surface area contributed by atoms with Crippen molar-refractivity contribution in [2.75, 3.05) is 5.73 Å². The van der Waals surface area contributed by atoms with Crippen molar-refractivity contribution in [1.29, 1.82) is 0 Å². The SMILES string of the molecule is Cc1ccc(-c2cc(-c3ccc(C)cc3)c(N)c(-c3ccc(C(=O)O)cc3)c2)cc1. The number of aromatic carboxylic acids is 1. The van der Waals surface area contributed by atoms with E-state index < -0.39 is 5.97 Å². The molecule has 0 saturated carbocycles. The molecule has 0 unspecified atom stereocenters. The van der Waals surface area contributed by atoms with Crippen molar-refractivity contribution < 1.29 is 9.90 Å². The molecule has 0 atom stereocenters. The highest BCUT2D eigenvalue weighted by Gasteiger charge is 2.14. The first-order chi connectivity index (χ1) is 14.4. The number of nitrogens with two attached hydrogens (primary N) is 1. The van der Waals surface area contributed by atoms with Crippen LogP contribution in [-0.4, -0.2) is 11.1 Å². The third kappa shape index (κ3) is 3.83. The van der Waals surface area contributed by atoms with Crippen LogP contribution in [0.2, 0.25) is 0 Å². The van der Waals surface area contributed by atoms with Gasteiger partial charge in [-0.15, -0.1) is 0 Å². The third-order valence-electron chi connectivity index (χ3n) is 5.37. The van der Waals surface area contributed by atoms with Crippen LogP contribution in [-0.2, 0) is 0 Å². The van der Waals surface area contributed by atoms with E-state index in [1.54, 1.807) is 12.1 Å². The number of benzene rings is 4. The van der Waals surface area contributed by atoms with Crippen LogP contribution in [0.25, 0.3) is 33.4 Å². The number of hydrogen-bond acceptors (Lipinski definition) is 2. The fourth-order valence-corrected chi connectivity index (χ4v) is 3.57. The maximum absolute atomic E-state index is 11.2. The summed E-state index contributed by atoms with van der Waals surface area (Å²) in [5.41, 5.74) is 15.9. The Hall–Kier alpha value is -3.85. The molecule has 4 aromatic carbocycles. The van der Waals surface area contributed by atoms with E-state index in [0.717, 1.165) is 33.4 Å². The van der Waals surface area contributed by atoms with Gasteiger partial charge in [-0.1, -0.05) is 71.8 Å². The second kappa shape index (κ2) is 7.88. The van der Waals surface area contributed by atoms with E-state index in [-0.39, 0.29) is 5.56 Å². The highest BCUT2D eigenvalue weighted by atomic mass is 16.4. The first kappa shape index (κ1) is 19.5. The topological polar surface area (TPSA) is 63.3 Å². The molecule has 0 fully saturated rings. The van der Waals surface area contributed by atoms with Gasteiger partial charge in [0, 0.05) is 16.8 Å². The molecule has 30 heavy (non-hydrogen) atoms. The average Bonchev–Trinajstić information content (AvgIpc) is 2.75. The summed E-state index contributed by atoms with van der Waals surface area (Å²) in [5, 5.41) is 9.21. The molecule has 0 aliphatic heterocycles. The van der Waals surface area contributed by atoms with E-state index >= 15 is 0 Å². The molecule has 4 rings (SSSR count). The Kier molecular flexibility index (Phi) is 5.11. The largest absolute Gasteiger partial charge is 0.478 e. The standard InChI is InChI=1S/C27H23NO2/c1-17-3-7-19(8-4-17)23-15-24(20-9-5-18(2)6-10-20)26(28)25(16-23)21-11-13-22(14-12-21)27(29)30/h3-16H,28H2,1-2H3,(H,29,30). The summed E-state index contributed by atoms with van der Waals surface area (Å²) in [6.07, 6.45) is 0. The van der Waals surface area contributed by atoms with Gasteiger partial charge >= 0.3 is 5.97 Å². The predicted molar refractivity (Wildman–Crippen MR) is 124 cm³/mol. The van der Waals surface area contributed by atoms with Gasteiger partial charge in [-0.3, -0.25) is 0 Å². The first-order valence-corrected chi connectivity index (χ1v) is 9.84. The molecule has 0 heterocycles. The van der Waals surface area contributed by atoms with E-state index in [4.69, 9.17) is 5.73 Å². The highest BCUT2D eigenvalue weighted by Crippen LogP contribution is 2.39. The lowest BCUT2D eigenvalue weighted by atomic mass is 9.90. The summed E-state index contributed by atoms with van der Waals surface area (Å²) < 4.78 is 0. The maximum Gasteiger partial charge on any atom is 0.335 e. The van der Waals surface area contributed by atoms with Crippen molar-refractivity contribution in [3.05, 3.63) is 102 Å². The lowest BCUT2D eigenvalue weighted by Gasteiger charge is -2.16. The summed E-state index contributed by atoms with van der Waals surface area (Å²) in [5.74, 6) is -0.941. The van der Waals surface area contributed by atoms with Crippen LogP contribution in [0.5, 0.6) is 0 Å². The number of anilines is 1. The zero-order valence-corrected chi connectivity index (χ0v) is 17.0. The molecule has 3 nitrogen and oxygen atoms in total. The highest BCUT2D eigenvalue weighted by molar-refractivity contribution is 5.94. The van der Waals surface area contributed by atoms with Gasteiger partial charge in [-0.25, -0.2) is 4.79 Å². The van der Waals surface area contributed by atoms with Crippen LogP contribution in [0.3, 0.4) is 0 Å². The Balaban J connectivity index is 1.92. The van der Waals surface area contributed by atoms with Crippen molar-refractivity contribution >= 4 is 11.7 Å². The predicted octanol–water partition coefficient (Wildman–Crippen LogP) is 6.58. The van der Waals surface area contributed by atoms with E-state index in [1.807, 2.05) is 12.1 Å². The van der Waals surface area contributed by atoms with E-state index in [1.165, 1.54) is 11.1 Å². The van der Waals surface area contributed by atoms with Gasteiger partial charge in [-0.2, -0.15) is 0 Å². The van der Waals surface area contributed by atoms with Gasteiger partial charge in [0.15, 0.2) is 0 Å². The molecule has 0 aliphatic carbocycles.